The third kappa shape index (κ3) is 3.62. The van der Waals surface area contributed by atoms with Crippen LogP contribution >= 0.6 is 0 Å². The van der Waals surface area contributed by atoms with Gasteiger partial charge in [0.05, 0.1) is 10.6 Å². The maximum atomic E-state index is 14.3. The second-order valence-corrected chi connectivity index (χ2v) is 9.33. The van der Waals surface area contributed by atoms with Gasteiger partial charge in [-0.25, -0.2) is 12.8 Å². The molecule has 0 saturated carbocycles. The van der Waals surface area contributed by atoms with Crippen molar-refractivity contribution in [1.29, 1.82) is 0 Å². The van der Waals surface area contributed by atoms with Crippen molar-refractivity contribution >= 4 is 21.3 Å². The van der Waals surface area contributed by atoms with Crippen LogP contribution in [0.25, 0.3) is 0 Å². The summed E-state index contributed by atoms with van der Waals surface area (Å²) in [4.78, 5) is 0.0175. The zero-order valence-corrected chi connectivity index (χ0v) is 17.5. The van der Waals surface area contributed by atoms with E-state index in [1.807, 2.05) is 0 Å². The lowest BCUT2D eigenvalue weighted by molar-refractivity contribution is -0.0617. The van der Waals surface area contributed by atoms with Crippen LogP contribution in [-0.4, -0.2) is 32.3 Å². The van der Waals surface area contributed by atoms with Crippen LogP contribution in [0.4, 0.5) is 17.6 Å². The van der Waals surface area contributed by atoms with Gasteiger partial charge in [-0.1, -0.05) is 54.6 Å². The number of sulfone groups is 1. The van der Waals surface area contributed by atoms with Gasteiger partial charge in [0.25, 0.3) is 0 Å². The Morgan fingerprint density at radius 3 is 1.88 bits per heavy atom. The standard InChI is InChI=1S/C23H16F4N2O2S/c1-32(30,31)19-13-7-15(8-14-19)20-22(16-5-3-2-4-6-16,17-9-11-18(24)12-10-17)21(29-28-20)23(25,26)27/h2-14H,1H3. The van der Waals surface area contributed by atoms with E-state index in [9.17, 15) is 26.0 Å². The smallest absolute Gasteiger partial charge is 0.224 e. The highest BCUT2D eigenvalue weighted by atomic mass is 32.2. The van der Waals surface area contributed by atoms with Gasteiger partial charge < -0.3 is 0 Å². The van der Waals surface area contributed by atoms with Crippen LogP contribution in [0.5, 0.6) is 0 Å². The zero-order chi connectivity index (χ0) is 23.1. The van der Waals surface area contributed by atoms with Crippen LogP contribution in [-0.2, 0) is 15.3 Å². The molecule has 32 heavy (non-hydrogen) atoms. The van der Waals surface area contributed by atoms with Gasteiger partial charge in [0.1, 0.15) is 11.2 Å². The number of hydrogen-bond acceptors (Lipinski definition) is 4. The SMILES string of the molecule is CS(=O)(=O)c1ccc(C2=NN=C(C(F)(F)F)C2(c2ccccc2)c2ccc(F)cc2)cc1. The minimum Gasteiger partial charge on any atom is -0.224 e. The monoisotopic (exact) mass is 460 g/mol. The van der Waals surface area contributed by atoms with E-state index in [0.29, 0.717) is 0 Å². The molecule has 0 saturated heterocycles. The Hall–Kier alpha value is -3.33. The average molecular weight is 460 g/mol. The van der Waals surface area contributed by atoms with Gasteiger partial charge in [-0.2, -0.15) is 18.3 Å². The third-order valence-corrected chi connectivity index (χ3v) is 6.40. The Labute approximate surface area is 181 Å². The quantitative estimate of drug-likeness (QED) is 0.518. The van der Waals surface area contributed by atoms with Crippen molar-refractivity contribution in [2.75, 3.05) is 6.26 Å². The number of rotatable bonds is 4. The topological polar surface area (TPSA) is 58.9 Å². The van der Waals surface area contributed by atoms with Crippen LogP contribution in [0.2, 0.25) is 0 Å². The number of benzene rings is 3. The number of hydrogen-bond donors (Lipinski definition) is 0. The maximum Gasteiger partial charge on any atom is 0.432 e. The van der Waals surface area contributed by atoms with Crippen molar-refractivity contribution in [1.82, 2.24) is 0 Å². The van der Waals surface area contributed by atoms with E-state index in [4.69, 9.17) is 0 Å². The predicted molar refractivity (Wildman–Crippen MR) is 113 cm³/mol. The number of halogens is 4. The van der Waals surface area contributed by atoms with Gasteiger partial charge >= 0.3 is 6.18 Å². The van der Waals surface area contributed by atoms with Crippen molar-refractivity contribution in [3.05, 3.63) is 101 Å². The van der Waals surface area contributed by atoms with E-state index in [2.05, 4.69) is 10.2 Å². The highest BCUT2D eigenvalue weighted by molar-refractivity contribution is 7.90. The van der Waals surface area contributed by atoms with Crippen molar-refractivity contribution in [3.63, 3.8) is 0 Å². The molecule has 0 aromatic heterocycles. The molecule has 0 fully saturated rings. The van der Waals surface area contributed by atoms with Gasteiger partial charge in [-0.05, 0) is 41.0 Å². The summed E-state index contributed by atoms with van der Waals surface area (Å²) in [6, 6.07) is 18.0. The Morgan fingerprint density at radius 1 is 0.781 bits per heavy atom. The largest absolute Gasteiger partial charge is 0.432 e. The van der Waals surface area contributed by atoms with Gasteiger partial charge in [0, 0.05) is 6.26 Å². The molecule has 4 rings (SSSR count). The first-order valence-corrected chi connectivity index (χ1v) is 11.3. The van der Waals surface area contributed by atoms with Gasteiger partial charge in [0.2, 0.25) is 0 Å². The van der Waals surface area contributed by atoms with Crippen LogP contribution in [0.3, 0.4) is 0 Å². The zero-order valence-electron chi connectivity index (χ0n) is 16.6. The van der Waals surface area contributed by atoms with E-state index in [-0.39, 0.29) is 27.3 Å². The Balaban J connectivity index is 2.02. The van der Waals surface area contributed by atoms with Crippen molar-refractivity contribution in [2.45, 2.75) is 16.5 Å². The molecular weight excluding hydrogens is 444 g/mol. The van der Waals surface area contributed by atoms with E-state index in [1.165, 1.54) is 48.5 Å². The summed E-state index contributed by atoms with van der Waals surface area (Å²) in [6.07, 6.45) is -3.81. The van der Waals surface area contributed by atoms with Gasteiger partial charge in [-0.15, -0.1) is 5.10 Å². The maximum absolute atomic E-state index is 14.3. The second-order valence-electron chi connectivity index (χ2n) is 7.31. The van der Waals surface area contributed by atoms with Crippen LogP contribution in [0.15, 0.2) is 94.0 Å². The molecule has 3 aromatic carbocycles. The lowest BCUT2D eigenvalue weighted by Gasteiger charge is -2.34. The molecule has 1 aliphatic heterocycles. The fraction of sp³-hybridized carbons (Fsp3) is 0.130. The first-order chi connectivity index (χ1) is 15.0. The van der Waals surface area contributed by atoms with Crippen molar-refractivity contribution in [2.24, 2.45) is 10.2 Å². The Morgan fingerprint density at radius 2 is 1.34 bits per heavy atom. The highest BCUT2D eigenvalue weighted by Gasteiger charge is 2.58. The molecule has 4 nitrogen and oxygen atoms in total. The summed E-state index contributed by atoms with van der Waals surface area (Å²) >= 11 is 0. The van der Waals surface area contributed by atoms with E-state index < -0.39 is 33.0 Å². The molecule has 3 aromatic rings. The molecule has 0 spiro atoms. The summed E-state index contributed by atoms with van der Waals surface area (Å²) in [5.74, 6) is -0.601. The molecule has 0 amide bonds. The van der Waals surface area contributed by atoms with Crippen LogP contribution in [0.1, 0.15) is 16.7 Å². The molecule has 0 aliphatic carbocycles. The molecule has 1 atom stereocenters. The molecule has 0 N–H and O–H groups in total. The fourth-order valence-electron chi connectivity index (χ4n) is 3.87. The number of nitrogens with zero attached hydrogens (tertiary/aromatic N) is 2. The Kier molecular flexibility index (Phi) is 5.24. The Bertz CT molecular complexity index is 1320. The third-order valence-electron chi connectivity index (χ3n) is 5.27. The van der Waals surface area contributed by atoms with Crippen LogP contribution in [0, 0.1) is 5.82 Å². The molecule has 0 radical (unpaired) electrons. The summed E-state index contributed by atoms with van der Waals surface area (Å²) in [5.41, 5.74) is -2.54. The number of alkyl halides is 3. The summed E-state index contributed by atoms with van der Waals surface area (Å²) < 4.78 is 80.1. The molecule has 1 heterocycles. The molecule has 9 heteroatoms. The van der Waals surface area contributed by atoms with E-state index >= 15 is 0 Å². The molecule has 0 bridgehead atoms. The lowest BCUT2D eigenvalue weighted by atomic mass is 9.66. The molecule has 1 unspecified atom stereocenters. The fourth-order valence-corrected chi connectivity index (χ4v) is 4.50. The molecule has 164 valence electrons. The molecule has 1 aliphatic rings. The highest BCUT2D eigenvalue weighted by Crippen LogP contribution is 2.45. The second kappa shape index (κ2) is 7.67. The first-order valence-electron chi connectivity index (χ1n) is 9.40. The predicted octanol–water partition coefficient (Wildman–Crippen LogP) is 4.94. The summed E-state index contributed by atoms with van der Waals surface area (Å²) in [6.45, 7) is 0. The van der Waals surface area contributed by atoms with Crippen LogP contribution < -0.4 is 0 Å². The summed E-state index contributed by atoms with van der Waals surface area (Å²) in [7, 11) is -3.51. The average Bonchev–Trinajstić information content (AvgIpc) is 3.16. The minimum absolute atomic E-state index is 0.0175. The first kappa shape index (κ1) is 21.9. The molecular formula is C23H16F4N2O2S. The van der Waals surface area contributed by atoms with Crippen molar-refractivity contribution in [3.8, 4) is 0 Å². The lowest BCUT2D eigenvalue weighted by Crippen LogP contribution is -2.49. The minimum atomic E-state index is -4.85. The van der Waals surface area contributed by atoms with E-state index in [0.717, 1.165) is 18.4 Å². The van der Waals surface area contributed by atoms with Crippen molar-refractivity contribution < 1.29 is 26.0 Å². The van der Waals surface area contributed by atoms with Gasteiger partial charge in [0.15, 0.2) is 15.5 Å². The van der Waals surface area contributed by atoms with E-state index in [1.54, 1.807) is 18.2 Å². The summed E-state index contributed by atoms with van der Waals surface area (Å²) in [5, 5.41) is 7.45. The van der Waals surface area contributed by atoms with Gasteiger partial charge in [-0.3, -0.25) is 0 Å². The normalized spacial score (nSPS) is 18.9.